The fraction of sp³-hybridized carbons (Fsp3) is 0.444. The van der Waals surface area contributed by atoms with Crippen LogP contribution in [0.3, 0.4) is 0 Å². The predicted octanol–water partition coefficient (Wildman–Crippen LogP) is 2.01. The molecule has 0 aliphatic carbocycles. The first-order valence-corrected chi connectivity index (χ1v) is 5.00. The lowest BCUT2D eigenvalue weighted by Crippen LogP contribution is -2.16. The van der Waals surface area contributed by atoms with Crippen LogP contribution in [-0.2, 0) is 4.74 Å². The molecule has 0 spiro atoms. The fourth-order valence-corrected chi connectivity index (χ4v) is 1.57. The molecule has 1 aromatic rings. The van der Waals surface area contributed by atoms with Crippen molar-refractivity contribution in [3.8, 4) is 5.88 Å². The summed E-state index contributed by atoms with van der Waals surface area (Å²) in [6, 6.07) is 3.78. The molecule has 0 aromatic carbocycles. The molecule has 0 saturated carbocycles. The molecule has 1 aliphatic rings. The first-order valence-electron chi connectivity index (χ1n) is 4.21. The lowest BCUT2D eigenvalue weighted by molar-refractivity contribution is 0.137. The summed E-state index contributed by atoms with van der Waals surface area (Å²) >= 11 is 3.38. The maximum absolute atomic E-state index is 5.62. The van der Waals surface area contributed by atoms with E-state index in [1.807, 2.05) is 12.1 Å². The van der Waals surface area contributed by atoms with Crippen LogP contribution in [0.2, 0.25) is 0 Å². The lowest BCUT2D eigenvalue weighted by Gasteiger charge is -2.11. The monoisotopic (exact) mass is 243 g/mol. The second kappa shape index (κ2) is 4.07. The summed E-state index contributed by atoms with van der Waals surface area (Å²) in [5.74, 6) is 0.651. The van der Waals surface area contributed by atoms with Gasteiger partial charge < -0.3 is 9.47 Å². The minimum absolute atomic E-state index is 0.159. The Bertz CT molecular complexity index is 287. The molecule has 13 heavy (non-hydrogen) atoms. The Labute approximate surface area is 85.2 Å². The van der Waals surface area contributed by atoms with E-state index >= 15 is 0 Å². The molecule has 0 amide bonds. The standard InChI is InChI=1S/C9H10BrNO2/c10-8-2-1-4-11-9(8)13-7-3-5-12-6-7/h1-2,4,7H,3,5-6H2/t7-/m0/s1. The van der Waals surface area contributed by atoms with E-state index in [0.29, 0.717) is 12.5 Å². The van der Waals surface area contributed by atoms with Crippen LogP contribution in [0.5, 0.6) is 5.88 Å². The molecular weight excluding hydrogens is 234 g/mol. The normalized spacial score (nSPS) is 21.8. The highest BCUT2D eigenvalue weighted by Gasteiger charge is 2.18. The second-order valence-electron chi connectivity index (χ2n) is 2.89. The molecule has 2 heterocycles. The number of pyridine rings is 1. The minimum Gasteiger partial charge on any atom is -0.471 e. The minimum atomic E-state index is 0.159. The van der Waals surface area contributed by atoms with Crippen LogP contribution < -0.4 is 4.74 Å². The summed E-state index contributed by atoms with van der Waals surface area (Å²) in [6.45, 7) is 1.46. The Kier molecular flexibility index (Phi) is 2.80. The van der Waals surface area contributed by atoms with Gasteiger partial charge in [0.05, 0.1) is 17.7 Å². The topological polar surface area (TPSA) is 31.4 Å². The zero-order valence-corrected chi connectivity index (χ0v) is 8.66. The molecule has 4 heteroatoms. The number of nitrogens with zero attached hydrogens (tertiary/aromatic N) is 1. The van der Waals surface area contributed by atoms with Gasteiger partial charge in [0, 0.05) is 12.6 Å². The molecule has 0 radical (unpaired) electrons. The summed E-state index contributed by atoms with van der Waals surface area (Å²) in [5.41, 5.74) is 0. The molecule has 1 fully saturated rings. The van der Waals surface area contributed by atoms with Gasteiger partial charge in [-0.1, -0.05) is 0 Å². The van der Waals surface area contributed by atoms with Gasteiger partial charge in [-0.25, -0.2) is 4.98 Å². The average molecular weight is 244 g/mol. The van der Waals surface area contributed by atoms with E-state index in [4.69, 9.17) is 9.47 Å². The maximum Gasteiger partial charge on any atom is 0.228 e. The molecule has 70 valence electrons. The Morgan fingerprint density at radius 3 is 3.23 bits per heavy atom. The molecule has 0 N–H and O–H groups in total. The highest BCUT2D eigenvalue weighted by molar-refractivity contribution is 9.10. The molecule has 1 aliphatic heterocycles. The second-order valence-corrected chi connectivity index (χ2v) is 3.75. The maximum atomic E-state index is 5.62. The number of halogens is 1. The first kappa shape index (κ1) is 8.97. The van der Waals surface area contributed by atoms with Crippen molar-refractivity contribution in [2.75, 3.05) is 13.2 Å². The van der Waals surface area contributed by atoms with E-state index in [0.717, 1.165) is 17.5 Å². The summed E-state index contributed by atoms with van der Waals surface area (Å²) < 4.78 is 11.7. The molecule has 1 aromatic heterocycles. The summed E-state index contributed by atoms with van der Waals surface area (Å²) in [7, 11) is 0. The van der Waals surface area contributed by atoms with Crippen molar-refractivity contribution >= 4 is 15.9 Å². The molecule has 0 bridgehead atoms. The number of rotatable bonds is 2. The summed E-state index contributed by atoms with van der Waals surface area (Å²) in [6.07, 6.45) is 2.82. The largest absolute Gasteiger partial charge is 0.471 e. The van der Waals surface area contributed by atoms with E-state index in [1.54, 1.807) is 6.20 Å². The van der Waals surface area contributed by atoms with Crippen LogP contribution >= 0.6 is 15.9 Å². The van der Waals surface area contributed by atoms with Gasteiger partial charge in [0.2, 0.25) is 5.88 Å². The van der Waals surface area contributed by atoms with Gasteiger partial charge >= 0.3 is 0 Å². The van der Waals surface area contributed by atoms with Gasteiger partial charge in [-0.3, -0.25) is 0 Å². The SMILES string of the molecule is Brc1cccnc1O[C@H]1CCOC1. The third-order valence-electron chi connectivity index (χ3n) is 1.89. The number of aromatic nitrogens is 1. The van der Waals surface area contributed by atoms with Crippen molar-refractivity contribution in [3.63, 3.8) is 0 Å². The van der Waals surface area contributed by atoms with E-state index in [-0.39, 0.29) is 6.10 Å². The van der Waals surface area contributed by atoms with Crippen LogP contribution in [0.4, 0.5) is 0 Å². The van der Waals surface area contributed by atoms with Crippen LogP contribution in [0.15, 0.2) is 22.8 Å². The number of hydrogen-bond acceptors (Lipinski definition) is 3. The summed E-state index contributed by atoms with van der Waals surface area (Å²) in [5, 5.41) is 0. The Hall–Kier alpha value is -0.610. The molecule has 1 atom stereocenters. The van der Waals surface area contributed by atoms with Crippen LogP contribution in [0.25, 0.3) is 0 Å². The molecular formula is C9H10BrNO2. The highest BCUT2D eigenvalue weighted by atomic mass is 79.9. The number of hydrogen-bond donors (Lipinski definition) is 0. The van der Waals surface area contributed by atoms with Gasteiger partial charge in [0.25, 0.3) is 0 Å². The Morgan fingerprint density at radius 2 is 2.54 bits per heavy atom. The van der Waals surface area contributed by atoms with Gasteiger partial charge in [0.1, 0.15) is 6.10 Å². The summed E-state index contributed by atoms with van der Waals surface area (Å²) in [4.78, 5) is 4.12. The van der Waals surface area contributed by atoms with Crippen molar-refractivity contribution < 1.29 is 9.47 Å². The zero-order valence-electron chi connectivity index (χ0n) is 7.07. The van der Waals surface area contributed by atoms with Crippen LogP contribution in [0.1, 0.15) is 6.42 Å². The van der Waals surface area contributed by atoms with Gasteiger partial charge in [-0.2, -0.15) is 0 Å². The van der Waals surface area contributed by atoms with Crippen molar-refractivity contribution in [1.82, 2.24) is 4.98 Å². The molecule has 3 nitrogen and oxygen atoms in total. The van der Waals surface area contributed by atoms with Crippen molar-refractivity contribution in [3.05, 3.63) is 22.8 Å². The third kappa shape index (κ3) is 2.19. The predicted molar refractivity (Wildman–Crippen MR) is 51.8 cm³/mol. The van der Waals surface area contributed by atoms with Crippen molar-refractivity contribution in [1.29, 1.82) is 0 Å². The quantitative estimate of drug-likeness (QED) is 0.797. The Morgan fingerprint density at radius 1 is 1.62 bits per heavy atom. The Balaban J connectivity index is 2.04. The van der Waals surface area contributed by atoms with E-state index in [2.05, 4.69) is 20.9 Å². The highest BCUT2D eigenvalue weighted by Crippen LogP contribution is 2.23. The van der Waals surface area contributed by atoms with Gasteiger partial charge in [-0.05, 0) is 28.1 Å². The molecule has 0 unspecified atom stereocenters. The average Bonchev–Trinajstić information content (AvgIpc) is 2.61. The van der Waals surface area contributed by atoms with E-state index in [9.17, 15) is 0 Å². The zero-order chi connectivity index (χ0) is 9.10. The number of ether oxygens (including phenoxy) is 2. The van der Waals surface area contributed by atoms with Gasteiger partial charge in [-0.15, -0.1) is 0 Å². The van der Waals surface area contributed by atoms with Crippen LogP contribution in [0, 0.1) is 0 Å². The molecule has 2 rings (SSSR count). The van der Waals surface area contributed by atoms with E-state index in [1.165, 1.54) is 0 Å². The van der Waals surface area contributed by atoms with Crippen molar-refractivity contribution in [2.45, 2.75) is 12.5 Å². The van der Waals surface area contributed by atoms with Gasteiger partial charge in [0.15, 0.2) is 0 Å². The smallest absolute Gasteiger partial charge is 0.228 e. The lowest BCUT2D eigenvalue weighted by atomic mass is 10.3. The van der Waals surface area contributed by atoms with E-state index < -0.39 is 0 Å². The third-order valence-corrected chi connectivity index (χ3v) is 2.49. The molecule has 1 saturated heterocycles. The first-order chi connectivity index (χ1) is 6.36. The van der Waals surface area contributed by atoms with Crippen LogP contribution in [-0.4, -0.2) is 24.3 Å². The van der Waals surface area contributed by atoms with Crippen molar-refractivity contribution in [2.24, 2.45) is 0 Å². The fourth-order valence-electron chi connectivity index (χ4n) is 1.22.